The third-order valence-corrected chi connectivity index (χ3v) is 2.98. The van der Waals surface area contributed by atoms with Gasteiger partial charge in [-0.2, -0.15) is 13.2 Å². The number of halogens is 5. The van der Waals surface area contributed by atoms with E-state index in [2.05, 4.69) is 14.6 Å². The standard InChI is InChI=1S/C14H16F5NO4/c15-8-24-12(14(17,18)19)13(16)23-5-1-2-9-3-4-11(21)10(6-9)7-20-22/h3-4,6-7,12-13,21-22H,1-2,5,8H2/b20-7+. The summed E-state index contributed by atoms with van der Waals surface area (Å²) < 4.78 is 70.6. The molecule has 0 spiro atoms. The SMILES string of the molecule is O/N=C/c1cc(CCCOC(F)C(OCF)C(F)(F)F)ccc1O. The lowest BCUT2D eigenvalue weighted by Gasteiger charge is -2.22. The quantitative estimate of drug-likeness (QED) is 0.234. The van der Waals surface area contributed by atoms with Crippen LogP contribution >= 0.6 is 0 Å². The maximum Gasteiger partial charge on any atom is 0.420 e. The van der Waals surface area contributed by atoms with Crippen molar-refractivity contribution in [2.75, 3.05) is 13.5 Å². The highest BCUT2D eigenvalue weighted by atomic mass is 19.4. The number of ether oxygens (including phenoxy) is 2. The second-order valence-corrected chi connectivity index (χ2v) is 4.70. The zero-order chi connectivity index (χ0) is 18.2. The summed E-state index contributed by atoms with van der Waals surface area (Å²) in [5, 5.41) is 20.7. The molecule has 2 atom stereocenters. The first-order valence-corrected chi connectivity index (χ1v) is 6.79. The number of benzene rings is 1. The number of phenols is 1. The van der Waals surface area contributed by atoms with Crippen LogP contribution in [0.4, 0.5) is 22.0 Å². The molecule has 0 aliphatic heterocycles. The van der Waals surface area contributed by atoms with Crippen LogP contribution in [0.15, 0.2) is 23.4 Å². The second-order valence-electron chi connectivity index (χ2n) is 4.70. The van der Waals surface area contributed by atoms with Crippen LogP contribution in [0.1, 0.15) is 17.5 Å². The molecule has 0 aliphatic rings. The van der Waals surface area contributed by atoms with Gasteiger partial charge in [-0.15, -0.1) is 0 Å². The molecular formula is C14H16F5NO4. The molecule has 0 radical (unpaired) electrons. The molecule has 1 aromatic carbocycles. The maximum absolute atomic E-state index is 13.4. The molecule has 10 heteroatoms. The number of hydrogen-bond donors (Lipinski definition) is 2. The Hall–Kier alpha value is -1.94. The molecule has 2 unspecified atom stereocenters. The van der Waals surface area contributed by atoms with Crippen molar-refractivity contribution in [1.29, 1.82) is 0 Å². The zero-order valence-electron chi connectivity index (χ0n) is 12.3. The lowest BCUT2D eigenvalue weighted by molar-refractivity contribution is -0.282. The summed E-state index contributed by atoms with van der Waals surface area (Å²) >= 11 is 0. The van der Waals surface area contributed by atoms with Crippen LogP contribution in [0.5, 0.6) is 5.75 Å². The van der Waals surface area contributed by atoms with Gasteiger partial charge in [0.2, 0.25) is 12.5 Å². The van der Waals surface area contributed by atoms with Crippen LogP contribution in [-0.2, 0) is 15.9 Å². The molecule has 2 N–H and O–H groups in total. The molecular weight excluding hydrogens is 341 g/mol. The van der Waals surface area contributed by atoms with Crippen molar-refractivity contribution in [2.24, 2.45) is 5.16 Å². The van der Waals surface area contributed by atoms with E-state index in [0.29, 0.717) is 12.0 Å². The van der Waals surface area contributed by atoms with Crippen LogP contribution in [0.25, 0.3) is 0 Å². The Kier molecular flexibility index (Phi) is 7.86. The van der Waals surface area contributed by atoms with Crippen molar-refractivity contribution in [2.45, 2.75) is 31.5 Å². The summed E-state index contributed by atoms with van der Waals surface area (Å²) in [6.45, 7) is -2.13. The van der Waals surface area contributed by atoms with E-state index in [1.165, 1.54) is 12.1 Å². The third kappa shape index (κ3) is 6.28. The first-order chi connectivity index (χ1) is 11.3. The average molecular weight is 357 g/mol. The van der Waals surface area contributed by atoms with Gasteiger partial charge in [-0.25, -0.2) is 8.78 Å². The van der Waals surface area contributed by atoms with E-state index in [9.17, 15) is 27.1 Å². The lowest BCUT2D eigenvalue weighted by atomic mass is 10.1. The second kappa shape index (κ2) is 9.38. The van der Waals surface area contributed by atoms with E-state index in [0.717, 1.165) is 6.21 Å². The highest BCUT2D eigenvalue weighted by Gasteiger charge is 2.47. The van der Waals surface area contributed by atoms with Crippen LogP contribution in [0.2, 0.25) is 0 Å². The summed E-state index contributed by atoms with van der Waals surface area (Å²) in [4.78, 5) is 0. The van der Waals surface area contributed by atoms with Gasteiger partial charge in [0.05, 0.1) is 12.8 Å². The Labute approximate surface area is 134 Å². The van der Waals surface area contributed by atoms with E-state index < -0.39 is 25.5 Å². The van der Waals surface area contributed by atoms with E-state index >= 15 is 0 Å². The van der Waals surface area contributed by atoms with Gasteiger partial charge >= 0.3 is 6.18 Å². The first-order valence-electron chi connectivity index (χ1n) is 6.79. The van der Waals surface area contributed by atoms with Crippen LogP contribution < -0.4 is 0 Å². The smallest absolute Gasteiger partial charge is 0.420 e. The van der Waals surface area contributed by atoms with Crippen molar-refractivity contribution < 1.29 is 41.7 Å². The summed E-state index contributed by atoms with van der Waals surface area (Å²) in [6.07, 6.45) is -9.42. The minimum atomic E-state index is -5.08. The molecule has 0 heterocycles. The number of rotatable bonds is 9. The predicted molar refractivity (Wildman–Crippen MR) is 73.6 cm³/mol. The van der Waals surface area contributed by atoms with Crippen molar-refractivity contribution in [1.82, 2.24) is 0 Å². The summed E-state index contributed by atoms with van der Waals surface area (Å²) in [5.74, 6) is -0.118. The molecule has 1 rings (SSSR count). The number of aromatic hydroxyl groups is 1. The maximum atomic E-state index is 13.4. The van der Waals surface area contributed by atoms with Crippen LogP contribution in [0, 0.1) is 0 Å². The van der Waals surface area contributed by atoms with Gasteiger partial charge in [0.25, 0.3) is 0 Å². The summed E-state index contributed by atoms with van der Waals surface area (Å²) in [5.41, 5.74) is 0.904. The fourth-order valence-electron chi connectivity index (χ4n) is 1.87. The van der Waals surface area contributed by atoms with Gasteiger partial charge in [0, 0.05) is 5.56 Å². The van der Waals surface area contributed by atoms with Crippen LogP contribution in [0.3, 0.4) is 0 Å². The van der Waals surface area contributed by atoms with E-state index in [1.807, 2.05) is 0 Å². The number of oxime groups is 1. The largest absolute Gasteiger partial charge is 0.507 e. The van der Waals surface area contributed by atoms with Gasteiger partial charge in [-0.3, -0.25) is 0 Å². The molecule has 0 aliphatic carbocycles. The summed E-state index contributed by atoms with van der Waals surface area (Å²) in [7, 11) is 0. The van der Waals surface area contributed by atoms with Gasteiger partial charge in [-0.05, 0) is 30.5 Å². The first kappa shape index (κ1) is 20.1. The van der Waals surface area contributed by atoms with Gasteiger partial charge in [0.1, 0.15) is 5.75 Å². The molecule has 1 aromatic rings. The van der Waals surface area contributed by atoms with Crippen molar-refractivity contribution in [3.8, 4) is 5.75 Å². The molecule has 0 fully saturated rings. The lowest BCUT2D eigenvalue weighted by Crippen LogP contribution is -2.41. The topological polar surface area (TPSA) is 71.3 Å². The van der Waals surface area contributed by atoms with Crippen molar-refractivity contribution in [3.63, 3.8) is 0 Å². The Morgan fingerprint density at radius 2 is 1.96 bits per heavy atom. The molecule has 5 nitrogen and oxygen atoms in total. The number of alkyl halides is 5. The van der Waals surface area contributed by atoms with E-state index in [1.54, 1.807) is 6.07 Å². The molecule has 0 amide bonds. The van der Waals surface area contributed by atoms with Gasteiger partial charge in [0.15, 0.2) is 6.86 Å². The predicted octanol–water partition coefficient (Wildman–Crippen LogP) is 3.32. The number of aryl methyl sites for hydroxylation is 1. The van der Waals surface area contributed by atoms with E-state index in [4.69, 9.17) is 5.21 Å². The van der Waals surface area contributed by atoms with Crippen molar-refractivity contribution in [3.05, 3.63) is 29.3 Å². The van der Waals surface area contributed by atoms with Crippen molar-refractivity contribution >= 4 is 6.21 Å². The fourth-order valence-corrected chi connectivity index (χ4v) is 1.87. The van der Waals surface area contributed by atoms with Gasteiger partial charge in [-0.1, -0.05) is 11.2 Å². The Bertz CT molecular complexity index is 538. The molecule has 136 valence electrons. The van der Waals surface area contributed by atoms with E-state index in [-0.39, 0.29) is 24.3 Å². The third-order valence-electron chi connectivity index (χ3n) is 2.98. The number of hydrogen-bond acceptors (Lipinski definition) is 5. The number of nitrogens with zero attached hydrogens (tertiary/aromatic N) is 1. The zero-order valence-corrected chi connectivity index (χ0v) is 12.3. The highest BCUT2D eigenvalue weighted by molar-refractivity contribution is 5.83. The Balaban J connectivity index is 2.49. The monoisotopic (exact) mass is 357 g/mol. The fraction of sp³-hybridized carbons (Fsp3) is 0.500. The molecule has 0 saturated carbocycles. The molecule has 0 bridgehead atoms. The normalized spacial score (nSPS) is 14.9. The minimum absolute atomic E-state index is 0.118. The highest BCUT2D eigenvalue weighted by Crippen LogP contribution is 2.27. The molecule has 0 saturated heterocycles. The average Bonchev–Trinajstić information content (AvgIpc) is 2.51. The summed E-state index contributed by atoms with van der Waals surface area (Å²) in [6, 6.07) is 4.38. The Morgan fingerprint density at radius 3 is 2.54 bits per heavy atom. The Morgan fingerprint density at radius 1 is 1.25 bits per heavy atom. The molecule has 24 heavy (non-hydrogen) atoms. The molecule has 0 aromatic heterocycles. The minimum Gasteiger partial charge on any atom is -0.507 e. The number of phenolic OH excluding ortho intramolecular Hbond substituents is 1. The van der Waals surface area contributed by atoms with Gasteiger partial charge < -0.3 is 19.8 Å². The van der Waals surface area contributed by atoms with Crippen LogP contribution in [-0.4, -0.2) is 48.6 Å².